The molecule has 2 aromatic carbocycles. The predicted molar refractivity (Wildman–Crippen MR) is 83.5 cm³/mol. The van der Waals surface area contributed by atoms with E-state index < -0.39 is 0 Å². The molecule has 0 saturated carbocycles. The van der Waals surface area contributed by atoms with Crippen molar-refractivity contribution in [2.45, 2.75) is 12.6 Å². The summed E-state index contributed by atoms with van der Waals surface area (Å²) in [7, 11) is 1.62. The van der Waals surface area contributed by atoms with Crippen molar-refractivity contribution in [2.75, 3.05) is 20.3 Å². The minimum atomic E-state index is -0.304. The highest BCUT2D eigenvalue weighted by atomic mass is 19.1. The Morgan fingerprint density at radius 2 is 2.04 bits per heavy atom. The van der Waals surface area contributed by atoms with E-state index in [9.17, 15) is 9.18 Å². The maximum absolute atomic E-state index is 13.4. The molecule has 0 N–H and O–H groups in total. The van der Waals surface area contributed by atoms with Crippen molar-refractivity contribution in [2.24, 2.45) is 0 Å². The summed E-state index contributed by atoms with van der Waals surface area (Å²) in [5.74, 6) is 0.415. The lowest BCUT2D eigenvalue weighted by Crippen LogP contribution is -2.42. The van der Waals surface area contributed by atoms with Crippen LogP contribution in [0.5, 0.6) is 5.75 Å². The number of morpholine rings is 1. The van der Waals surface area contributed by atoms with Gasteiger partial charge in [0.25, 0.3) is 0 Å². The Morgan fingerprint density at radius 3 is 2.74 bits per heavy atom. The molecule has 0 unspecified atom stereocenters. The fraction of sp³-hybridized carbons (Fsp3) is 0.278. The number of carbonyl (C=O) groups excluding carboxylic acids is 1. The number of hydrogen-bond acceptors (Lipinski definition) is 3. The number of benzene rings is 2. The summed E-state index contributed by atoms with van der Waals surface area (Å²) in [6, 6.07) is 13.9. The van der Waals surface area contributed by atoms with Crippen LogP contribution in [-0.4, -0.2) is 31.1 Å². The molecule has 1 aliphatic rings. The van der Waals surface area contributed by atoms with Crippen LogP contribution in [0.4, 0.5) is 4.39 Å². The van der Waals surface area contributed by atoms with E-state index in [0.717, 1.165) is 16.9 Å². The molecule has 0 radical (unpaired) electrons. The molecule has 1 aliphatic heterocycles. The molecular weight excluding hydrogens is 297 g/mol. The van der Waals surface area contributed by atoms with Gasteiger partial charge in [-0.05, 0) is 35.4 Å². The Bertz CT molecular complexity index is 687. The van der Waals surface area contributed by atoms with Crippen LogP contribution < -0.4 is 4.74 Å². The molecule has 1 heterocycles. The van der Waals surface area contributed by atoms with Gasteiger partial charge in [-0.3, -0.25) is 4.79 Å². The number of amides is 1. The highest BCUT2D eigenvalue weighted by molar-refractivity contribution is 5.78. The summed E-state index contributed by atoms with van der Waals surface area (Å²) >= 11 is 0. The number of hydrogen-bond donors (Lipinski definition) is 0. The summed E-state index contributed by atoms with van der Waals surface area (Å²) < 4.78 is 24.1. The van der Waals surface area contributed by atoms with Gasteiger partial charge in [-0.25, -0.2) is 4.39 Å². The van der Waals surface area contributed by atoms with Gasteiger partial charge in [0.15, 0.2) is 0 Å². The van der Waals surface area contributed by atoms with E-state index in [4.69, 9.17) is 9.47 Å². The minimum absolute atomic E-state index is 0.0112. The fourth-order valence-electron chi connectivity index (χ4n) is 2.63. The molecule has 1 atom stereocenters. The van der Waals surface area contributed by atoms with Crippen molar-refractivity contribution in [3.05, 3.63) is 65.5 Å². The molecule has 0 aromatic heterocycles. The zero-order valence-corrected chi connectivity index (χ0v) is 12.9. The summed E-state index contributed by atoms with van der Waals surface area (Å²) in [5.41, 5.74) is 1.76. The Balaban J connectivity index is 1.71. The normalized spacial score (nSPS) is 18.1. The van der Waals surface area contributed by atoms with E-state index in [1.807, 2.05) is 30.3 Å². The standard InChI is InChI=1S/C18H18FNO3/c1-22-16-7-5-13(6-8-16)10-20-11-17(23-12-18(20)21)14-3-2-4-15(19)9-14/h2-9,17H,10-12H2,1H3/t17-/m1/s1. The van der Waals surface area contributed by atoms with E-state index in [1.165, 1.54) is 12.1 Å². The third kappa shape index (κ3) is 3.68. The molecule has 0 spiro atoms. The van der Waals surface area contributed by atoms with Gasteiger partial charge in [0.2, 0.25) is 5.91 Å². The highest BCUT2D eigenvalue weighted by Gasteiger charge is 2.27. The first-order chi connectivity index (χ1) is 11.2. The van der Waals surface area contributed by atoms with Crippen molar-refractivity contribution in [1.29, 1.82) is 0 Å². The Labute approximate surface area is 134 Å². The average Bonchev–Trinajstić information content (AvgIpc) is 2.57. The van der Waals surface area contributed by atoms with Crippen LogP contribution in [0.25, 0.3) is 0 Å². The SMILES string of the molecule is COc1ccc(CN2C[C@H](c3cccc(F)c3)OCC2=O)cc1. The van der Waals surface area contributed by atoms with Gasteiger partial charge in [-0.2, -0.15) is 0 Å². The Hall–Kier alpha value is -2.40. The zero-order chi connectivity index (χ0) is 16.2. The highest BCUT2D eigenvalue weighted by Crippen LogP contribution is 2.24. The molecule has 1 fully saturated rings. The molecule has 1 amide bonds. The maximum atomic E-state index is 13.4. The molecule has 2 aromatic rings. The van der Waals surface area contributed by atoms with Gasteiger partial charge >= 0.3 is 0 Å². The van der Waals surface area contributed by atoms with Crippen molar-refractivity contribution in [1.82, 2.24) is 4.90 Å². The van der Waals surface area contributed by atoms with Crippen LogP contribution in [0.2, 0.25) is 0 Å². The van der Waals surface area contributed by atoms with Gasteiger partial charge in [0.1, 0.15) is 24.3 Å². The second kappa shape index (κ2) is 6.79. The predicted octanol–water partition coefficient (Wildman–Crippen LogP) is 2.93. The van der Waals surface area contributed by atoms with Crippen LogP contribution in [0.15, 0.2) is 48.5 Å². The second-order valence-corrected chi connectivity index (χ2v) is 5.48. The molecule has 3 rings (SSSR count). The van der Waals surface area contributed by atoms with E-state index in [2.05, 4.69) is 0 Å². The van der Waals surface area contributed by atoms with Gasteiger partial charge in [0, 0.05) is 6.54 Å². The minimum Gasteiger partial charge on any atom is -0.497 e. The second-order valence-electron chi connectivity index (χ2n) is 5.48. The number of methoxy groups -OCH3 is 1. The Morgan fingerprint density at radius 1 is 1.26 bits per heavy atom. The Kier molecular flexibility index (Phi) is 4.57. The maximum Gasteiger partial charge on any atom is 0.249 e. The molecule has 1 saturated heterocycles. The first kappa shape index (κ1) is 15.5. The quantitative estimate of drug-likeness (QED) is 0.871. The summed E-state index contributed by atoms with van der Waals surface area (Å²) in [6.45, 7) is 0.920. The number of nitrogens with zero attached hydrogens (tertiary/aromatic N) is 1. The molecule has 0 aliphatic carbocycles. The third-order valence-corrected chi connectivity index (χ3v) is 3.90. The van der Waals surface area contributed by atoms with Gasteiger partial charge in [-0.1, -0.05) is 24.3 Å². The molecular formula is C18H18FNO3. The summed E-state index contributed by atoms with van der Waals surface area (Å²) in [5, 5.41) is 0. The average molecular weight is 315 g/mol. The molecule has 23 heavy (non-hydrogen) atoms. The van der Waals surface area contributed by atoms with E-state index in [1.54, 1.807) is 18.1 Å². The van der Waals surface area contributed by atoms with Crippen molar-refractivity contribution >= 4 is 5.91 Å². The molecule has 0 bridgehead atoms. The van der Waals surface area contributed by atoms with Crippen molar-refractivity contribution < 1.29 is 18.7 Å². The zero-order valence-electron chi connectivity index (χ0n) is 12.9. The van der Waals surface area contributed by atoms with E-state index >= 15 is 0 Å². The van der Waals surface area contributed by atoms with Gasteiger partial charge < -0.3 is 14.4 Å². The van der Waals surface area contributed by atoms with Crippen LogP contribution >= 0.6 is 0 Å². The van der Waals surface area contributed by atoms with Gasteiger partial charge in [-0.15, -0.1) is 0 Å². The summed E-state index contributed by atoms with van der Waals surface area (Å²) in [6.07, 6.45) is -0.304. The van der Waals surface area contributed by atoms with Crippen molar-refractivity contribution in [3.8, 4) is 5.75 Å². The smallest absolute Gasteiger partial charge is 0.249 e. The fourth-order valence-corrected chi connectivity index (χ4v) is 2.63. The lowest BCUT2D eigenvalue weighted by molar-refractivity contribution is -0.150. The largest absolute Gasteiger partial charge is 0.497 e. The lowest BCUT2D eigenvalue weighted by Gasteiger charge is -2.33. The lowest BCUT2D eigenvalue weighted by atomic mass is 10.1. The topological polar surface area (TPSA) is 38.8 Å². The van der Waals surface area contributed by atoms with E-state index in [-0.39, 0.29) is 24.4 Å². The van der Waals surface area contributed by atoms with Crippen LogP contribution in [0, 0.1) is 5.82 Å². The monoisotopic (exact) mass is 315 g/mol. The number of ether oxygens (including phenoxy) is 2. The molecule has 5 heteroatoms. The van der Waals surface area contributed by atoms with Crippen LogP contribution in [-0.2, 0) is 16.1 Å². The number of rotatable bonds is 4. The first-order valence-electron chi connectivity index (χ1n) is 7.43. The first-order valence-corrected chi connectivity index (χ1v) is 7.43. The number of carbonyl (C=O) groups is 1. The van der Waals surface area contributed by atoms with Crippen LogP contribution in [0.3, 0.4) is 0 Å². The van der Waals surface area contributed by atoms with Crippen molar-refractivity contribution in [3.63, 3.8) is 0 Å². The molecule has 120 valence electrons. The van der Waals surface area contributed by atoms with E-state index in [0.29, 0.717) is 13.1 Å². The van der Waals surface area contributed by atoms with Crippen LogP contribution in [0.1, 0.15) is 17.2 Å². The summed E-state index contributed by atoms with van der Waals surface area (Å²) in [4.78, 5) is 13.8. The third-order valence-electron chi connectivity index (χ3n) is 3.90. The molecule has 4 nitrogen and oxygen atoms in total. The van der Waals surface area contributed by atoms with Gasteiger partial charge in [0.05, 0.1) is 13.7 Å². The number of halogens is 1.